The summed E-state index contributed by atoms with van der Waals surface area (Å²) in [5, 5.41) is 3.53. The van der Waals surface area contributed by atoms with Gasteiger partial charge in [-0.2, -0.15) is 0 Å². The molecule has 2 aromatic rings. The third-order valence-corrected chi connectivity index (χ3v) is 3.06. The summed E-state index contributed by atoms with van der Waals surface area (Å²) >= 11 is 7.59. The van der Waals surface area contributed by atoms with Crippen LogP contribution >= 0.6 is 22.9 Å². The molecule has 0 N–H and O–H groups in total. The quantitative estimate of drug-likeness (QED) is 0.786. The van der Waals surface area contributed by atoms with Crippen molar-refractivity contribution in [2.75, 3.05) is 0 Å². The number of hydrogen-bond acceptors (Lipinski definition) is 4. The largest absolute Gasteiger partial charge is 0.249 e. The zero-order valence-corrected chi connectivity index (χ0v) is 10.6. The summed E-state index contributed by atoms with van der Waals surface area (Å²) in [6.45, 7) is 2.10. The van der Waals surface area contributed by atoms with Crippen LogP contribution < -0.4 is 0 Å². The SMILES string of the molecule is CCCc1nc(Cl)cc(Cc2nccs2)n1. The number of rotatable bonds is 4. The van der Waals surface area contributed by atoms with E-state index >= 15 is 0 Å². The molecule has 16 heavy (non-hydrogen) atoms. The van der Waals surface area contributed by atoms with E-state index in [0.717, 1.165) is 35.8 Å². The Labute approximate surface area is 104 Å². The van der Waals surface area contributed by atoms with Gasteiger partial charge in [-0.3, -0.25) is 0 Å². The average molecular weight is 254 g/mol. The molecule has 0 atom stereocenters. The minimum Gasteiger partial charge on any atom is -0.249 e. The summed E-state index contributed by atoms with van der Waals surface area (Å²) in [6, 6.07) is 1.81. The first kappa shape index (κ1) is 11.5. The van der Waals surface area contributed by atoms with Crippen LogP contribution in [-0.2, 0) is 12.8 Å². The molecular weight excluding hydrogens is 242 g/mol. The number of halogens is 1. The van der Waals surface area contributed by atoms with Crippen LogP contribution in [0.4, 0.5) is 0 Å². The molecule has 0 aliphatic heterocycles. The van der Waals surface area contributed by atoms with Gasteiger partial charge in [0.05, 0.1) is 10.7 Å². The van der Waals surface area contributed by atoms with Crippen molar-refractivity contribution >= 4 is 22.9 Å². The molecule has 2 aromatic heterocycles. The Kier molecular flexibility index (Phi) is 3.85. The Morgan fingerprint density at radius 2 is 2.25 bits per heavy atom. The molecule has 0 aliphatic rings. The van der Waals surface area contributed by atoms with Crippen LogP contribution in [0.5, 0.6) is 0 Å². The van der Waals surface area contributed by atoms with E-state index in [4.69, 9.17) is 11.6 Å². The molecule has 0 aliphatic carbocycles. The van der Waals surface area contributed by atoms with Crippen molar-refractivity contribution in [1.29, 1.82) is 0 Å². The Balaban J connectivity index is 2.20. The Morgan fingerprint density at radius 1 is 1.38 bits per heavy atom. The molecule has 0 bridgehead atoms. The Morgan fingerprint density at radius 3 is 2.94 bits per heavy atom. The summed E-state index contributed by atoms with van der Waals surface area (Å²) < 4.78 is 0. The first-order valence-corrected chi connectivity index (χ1v) is 6.44. The maximum Gasteiger partial charge on any atom is 0.133 e. The zero-order valence-electron chi connectivity index (χ0n) is 8.98. The number of nitrogens with zero attached hydrogens (tertiary/aromatic N) is 3. The molecule has 0 spiro atoms. The highest BCUT2D eigenvalue weighted by Gasteiger charge is 2.05. The zero-order chi connectivity index (χ0) is 11.4. The fraction of sp³-hybridized carbons (Fsp3) is 0.364. The second-order valence-electron chi connectivity index (χ2n) is 3.45. The van der Waals surface area contributed by atoms with Crippen molar-refractivity contribution in [1.82, 2.24) is 15.0 Å². The molecule has 3 nitrogen and oxygen atoms in total. The Hall–Kier alpha value is -1.00. The van der Waals surface area contributed by atoms with Crippen LogP contribution in [0.15, 0.2) is 17.6 Å². The average Bonchev–Trinajstić information content (AvgIpc) is 2.70. The maximum absolute atomic E-state index is 5.96. The molecule has 2 heterocycles. The van der Waals surface area contributed by atoms with Crippen LogP contribution in [0, 0.1) is 0 Å². The van der Waals surface area contributed by atoms with E-state index in [1.165, 1.54) is 0 Å². The highest BCUT2D eigenvalue weighted by Crippen LogP contribution is 2.14. The van der Waals surface area contributed by atoms with Crippen molar-refractivity contribution in [2.24, 2.45) is 0 Å². The van der Waals surface area contributed by atoms with Crippen molar-refractivity contribution in [2.45, 2.75) is 26.2 Å². The van der Waals surface area contributed by atoms with Crippen LogP contribution in [0.3, 0.4) is 0 Å². The molecule has 0 unspecified atom stereocenters. The van der Waals surface area contributed by atoms with Crippen molar-refractivity contribution in [3.05, 3.63) is 39.3 Å². The van der Waals surface area contributed by atoms with Gasteiger partial charge < -0.3 is 0 Å². The van der Waals surface area contributed by atoms with Gasteiger partial charge in [-0.25, -0.2) is 15.0 Å². The predicted molar refractivity (Wildman–Crippen MR) is 66.0 cm³/mol. The van der Waals surface area contributed by atoms with Crippen molar-refractivity contribution in [3.8, 4) is 0 Å². The van der Waals surface area contributed by atoms with Crippen molar-refractivity contribution < 1.29 is 0 Å². The van der Waals surface area contributed by atoms with Gasteiger partial charge in [-0.15, -0.1) is 11.3 Å². The van der Waals surface area contributed by atoms with E-state index in [0.29, 0.717) is 5.15 Å². The third kappa shape index (κ3) is 3.00. The standard InChI is InChI=1S/C11H12ClN3S/c1-2-3-10-14-8(6-9(12)15-10)7-11-13-4-5-16-11/h4-6H,2-3,7H2,1H3. The molecule has 0 amide bonds. The predicted octanol–water partition coefficient (Wildman–Crippen LogP) is 3.13. The monoisotopic (exact) mass is 253 g/mol. The van der Waals surface area contributed by atoms with E-state index in [1.54, 1.807) is 17.5 Å². The highest BCUT2D eigenvalue weighted by molar-refractivity contribution is 7.09. The first-order valence-electron chi connectivity index (χ1n) is 5.18. The topological polar surface area (TPSA) is 38.7 Å². The minimum atomic E-state index is 0.519. The molecular formula is C11H12ClN3S. The lowest BCUT2D eigenvalue weighted by Gasteiger charge is -2.02. The normalized spacial score (nSPS) is 10.6. The number of aromatic nitrogens is 3. The number of hydrogen-bond donors (Lipinski definition) is 0. The van der Waals surface area contributed by atoms with E-state index < -0.39 is 0 Å². The molecule has 0 aromatic carbocycles. The lowest BCUT2D eigenvalue weighted by atomic mass is 10.2. The van der Waals surface area contributed by atoms with Crippen LogP contribution in [0.25, 0.3) is 0 Å². The molecule has 0 fully saturated rings. The maximum atomic E-state index is 5.96. The summed E-state index contributed by atoms with van der Waals surface area (Å²) in [7, 11) is 0. The molecule has 0 saturated heterocycles. The smallest absolute Gasteiger partial charge is 0.133 e. The van der Waals surface area contributed by atoms with Gasteiger partial charge in [-0.05, 0) is 12.5 Å². The van der Waals surface area contributed by atoms with Crippen molar-refractivity contribution in [3.63, 3.8) is 0 Å². The molecule has 5 heteroatoms. The van der Waals surface area contributed by atoms with Gasteiger partial charge in [0.1, 0.15) is 11.0 Å². The number of thiazole rings is 1. The molecule has 2 rings (SSSR count). The van der Waals surface area contributed by atoms with E-state index in [1.807, 2.05) is 11.4 Å². The summed E-state index contributed by atoms with van der Waals surface area (Å²) in [5.74, 6) is 0.821. The van der Waals surface area contributed by atoms with Gasteiger partial charge in [0.2, 0.25) is 0 Å². The van der Waals surface area contributed by atoms with Gasteiger partial charge in [-0.1, -0.05) is 18.5 Å². The lowest BCUT2D eigenvalue weighted by Crippen LogP contribution is -2.00. The fourth-order valence-corrected chi connectivity index (χ4v) is 2.29. The summed E-state index contributed by atoms with van der Waals surface area (Å²) in [6.07, 6.45) is 4.43. The lowest BCUT2D eigenvalue weighted by molar-refractivity contribution is 0.817. The minimum absolute atomic E-state index is 0.519. The van der Waals surface area contributed by atoms with Gasteiger partial charge >= 0.3 is 0 Å². The summed E-state index contributed by atoms with van der Waals surface area (Å²) in [5.41, 5.74) is 0.943. The molecule has 84 valence electrons. The first-order chi connectivity index (χ1) is 7.78. The Bertz CT molecular complexity index is 456. The summed E-state index contributed by atoms with van der Waals surface area (Å²) in [4.78, 5) is 12.9. The second kappa shape index (κ2) is 5.37. The van der Waals surface area contributed by atoms with Crippen LogP contribution in [-0.4, -0.2) is 15.0 Å². The number of aryl methyl sites for hydroxylation is 1. The van der Waals surface area contributed by atoms with Gasteiger partial charge in [0.15, 0.2) is 0 Å². The fourth-order valence-electron chi connectivity index (χ4n) is 1.44. The van der Waals surface area contributed by atoms with Crippen LogP contribution in [0.2, 0.25) is 5.15 Å². The molecule has 0 saturated carbocycles. The van der Waals surface area contributed by atoms with E-state index in [9.17, 15) is 0 Å². The van der Waals surface area contributed by atoms with Gasteiger partial charge in [0, 0.05) is 24.4 Å². The molecule has 0 radical (unpaired) electrons. The van der Waals surface area contributed by atoms with E-state index in [-0.39, 0.29) is 0 Å². The van der Waals surface area contributed by atoms with E-state index in [2.05, 4.69) is 21.9 Å². The van der Waals surface area contributed by atoms with Crippen LogP contribution in [0.1, 0.15) is 29.9 Å². The van der Waals surface area contributed by atoms with Gasteiger partial charge in [0.25, 0.3) is 0 Å². The second-order valence-corrected chi connectivity index (χ2v) is 4.82. The highest BCUT2D eigenvalue weighted by atomic mass is 35.5. The third-order valence-electron chi connectivity index (χ3n) is 2.08.